The zero-order chi connectivity index (χ0) is 16.7. The third-order valence-electron chi connectivity index (χ3n) is 3.32. The maximum absolute atomic E-state index is 13.5. The highest BCUT2D eigenvalue weighted by atomic mass is 127. The number of hydrogen-bond donors (Lipinski definition) is 2. The molecule has 0 aromatic heterocycles. The normalized spacial score (nSPS) is 10.9. The van der Waals surface area contributed by atoms with E-state index in [0.717, 1.165) is 12.1 Å². The molecule has 2 N–H and O–H groups in total. The van der Waals surface area contributed by atoms with Crippen molar-refractivity contribution in [2.45, 2.75) is 13.0 Å². The Labute approximate surface area is 156 Å². The first-order valence-corrected chi connectivity index (χ1v) is 7.22. The molecule has 0 heterocycles. The van der Waals surface area contributed by atoms with E-state index in [9.17, 15) is 13.2 Å². The van der Waals surface area contributed by atoms with Crippen LogP contribution in [0.3, 0.4) is 0 Å². The first kappa shape index (κ1) is 20.3. The predicted molar refractivity (Wildman–Crippen MR) is 100 cm³/mol. The minimum absolute atomic E-state index is 0. The van der Waals surface area contributed by atoms with E-state index in [-0.39, 0.29) is 36.3 Å². The Morgan fingerprint density at radius 3 is 2.38 bits per heavy atom. The van der Waals surface area contributed by atoms with Crippen LogP contribution in [0.2, 0.25) is 0 Å². The van der Waals surface area contributed by atoms with Crippen LogP contribution >= 0.6 is 24.0 Å². The number of guanidine groups is 1. The maximum atomic E-state index is 13.5. The third kappa shape index (κ3) is 6.03. The number of rotatable bonds is 5. The average molecular weight is 449 g/mol. The Morgan fingerprint density at radius 2 is 1.67 bits per heavy atom. The first-order valence-electron chi connectivity index (χ1n) is 7.22. The Bertz CT molecular complexity index is 693. The van der Waals surface area contributed by atoms with Crippen molar-refractivity contribution >= 4 is 29.9 Å². The molecule has 2 aromatic rings. The molecular formula is C17H19F3IN3. The smallest absolute Gasteiger partial charge is 0.191 e. The van der Waals surface area contributed by atoms with Gasteiger partial charge in [0.05, 0.1) is 0 Å². The summed E-state index contributed by atoms with van der Waals surface area (Å²) in [5, 5.41) is 5.95. The largest absolute Gasteiger partial charge is 0.356 e. The summed E-state index contributed by atoms with van der Waals surface area (Å²) in [5.41, 5.74) is 0.814. The summed E-state index contributed by atoms with van der Waals surface area (Å²) in [7, 11) is 1.58. The molecule has 0 radical (unpaired) electrons. The summed E-state index contributed by atoms with van der Waals surface area (Å²) in [4.78, 5) is 4.01. The molecule has 0 fully saturated rings. The Hall–Kier alpha value is -1.77. The molecule has 7 heteroatoms. The molecule has 0 aliphatic heterocycles. The summed E-state index contributed by atoms with van der Waals surface area (Å²) >= 11 is 0. The van der Waals surface area contributed by atoms with Gasteiger partial charge in [0.2, 0.25) is 0 Å². The van der Waals surface area contributed by atoms with Crippen molar-refractivity contribution in [1.29, 1.82) is 0 Å². The van der Waals surface area contributed by atoms with Crippen LogP contribution in [0.5, 0.6) is 0 Å². The summed E-state index contributed by atoms with van der Waals surface area (Å²) in [6.45, 7) is 0.651. The van der Waals surface area contributed by atoms with E-state index in [4.69, 9.17) is 0 Å². The second-order valence-corrected chi connectivity index (χ2v) is 4.93. The molecule has 0 unspecified atom stereocenters. The van der Waals surface area contributed by atoms with Crippen LogP contribution in [0.25, 0.3) is 0 Å². The summed E-state index contributed by atoms with van der Waals surface area (Å²) in [6.07, 6.45) is 0.310. The molecule has 0 amide bonds. The lowest BCUT2D eigenvalue weighted by Gasteiger charge is -2.12. The second-order valence-electron chi connectivity index (χ2n) is 4.93. The van der Waals surface area contributed by atoms with Crippen molar-refractivity contribution < 1.29 is 13.2 Å². The minimum atomic E-state index is -0.469. The van der Waals surface area contributed by atoms with Crippen molar-refractivity contribution in [1.82, 2.24) is 10.6 Å². The van der Waals surface area contributed by atoms with Crippen LogP contribution in [-0.2, 0) is 13.0 Å². The second kappa shape index (κ2) is 10.2. The number of benzene rings is 2. The summed E-state index contributed by atoms with van der Waals surface area (Å²) < 4.78 is 40.1. The topological polar surface area (TPSA) is 36.4 Å². The van der Waals surface area contributed by atoms with Crippen molar-refractivity contribution in [3.63, 3.8) is 0 Å². The predicted octanol–water partition coefficient (Wildman–Crippen LogP) is 3.63. The van der Waals surface area contributed by atoms with E-state index in [1.54, 1.807) is 25.2 Å². The highest BCUT2D eigenvalue weighted by Gasteiger charge is 2.05. The van der Waals surface area contributed by atoms with Crippen molar-refractivity contribution in [3.8, 4) is 0 Å². The lowest BCUT2D eigenvalue weighted by Crippen LogP contribution is -2.38. The molecule has 3 nitrogen and oxygen atoms in total. The lowest BCUT2D eigenvalue weighted by molar-refractivity contribution is 0.582. The van der Waals surface area contributed by atoms with Gasteiger partial charge < -0.3 is 10.6 Å². The fourth-order valence-corrected chi connectivity index (χ4v) is 2.09. The van der Waals surface area contributed by atoms with E-state index >= 15 is 0 Å². The zero-order valence-corrected chi connectivity index (χ0v) is 15.5. The van der Waals surface area contributed by atoms with Crippen LogP contribution < -0.4 is 10.6 Å². The van der Waals surface area contributed by atoms with Gasteiger partial charge in [-0.2, -0.15) is 0 Å². The Balaban J connectivity index is 0.00000288. The van der Waals surface area contributed by atoms with E-state index in [1.165, 1.54) is 12.1 Å². The van der Waals surface area contributed by atoms with Gasteiger partial charge in [-0.1, -0.05) is 18.2 Å². The first-order chi connectivity index (χ1) is 11.1. The molecule has 0 atom stereocenters. The summed E-state index contributed by atoms with van der Waals surface area (Å²) in [6, 6.07) is 9.81. The van der Waals surface area contributed by atoms with E-state index < -0.39 is 11.6 Å². The minimum Gasteiger partial charge on any atom is -0.356 e. The molecule has 2 rings (SSSR count). The fourth-order valence-electron chi connectivity index (χ4n) is 2.09. The highest BCUT2D eigenvalue weighted by molar-refractivity contribution is 14.0. The molecule has 0 spiro atoms. The number of nitrogens with one attached hydrogen (secondary N) is 2. The molecular weight excluding hydrogens is 430 g/mol. The van der Waals surface area contributed by atoms with Gasteiger partial charge in [0.15, 0.2) is 5.96 Å². The Kier molecular flexibility index (Phi) is 8.59. The van der Waals surface area contributed by atoms with Crippen LogP contribution in [-0.4, -0.2) is 19.6 Å². The molecule has 24 heavy (non-hydrogen) atoms. The van der Waals surface area contributed by atoms with E-state index in [0.29, 0.717) is 30.1 Å². The molecule has 0 aliphatic carbocycles. The average Bonchev–Trinajstić information content (AvgIpc) is 2.55. The van der Waals surface area contributed by atoms with Gasteiger partial charge in [0, 0.05) is 25.7 Å². The molecule has 0 saturated carbocycles. The van der Waals surface area contributed by atoms with Crippen LogP contribution in [0.4, 0.5) is 13.2 Å². The van der Waals surface area contributed by atoms with Gasteiger partial charge in [0.25, 0.3) is 0 Å². The standard InChI is InChI=1S/C17H18F3N3.HI/c1-21-17(23-11-13-4-2-3-5-15(13)19)22-9-8-12-10-14(18)6-7-16(12)20;/h2-7,10H,8-9,11H2,1H3,(H2,21,22,23);1H. The van der Waals surface area contributed by atoms with Gasteiger partial charge in [-0.15, -0.1) is 24.0 Å². The zero-order valence-electron chi connectivity index (χ0n) is 13.2. The third-order valence-corrected chi connectivity index (χ3v) is 3.32. The lowest BCUT2D eigenvalue weighted by atomic mass is 10.1. The van der Waals surface area contributed by atoms with Gasteiger partial charge in [-0.05, 0) is 36.2 Å². The van der Waals surface area contributed by atoms with Crippen molar-refractivity contribution in [2.75, 3.05) is 13.6 Å². The van der Waals surface area contributed by atoms with Gasteiger partial charge in [-0.3, -0.25) is 4.99 Å². The number of aliphatic imine (C=N–C) groups is 1. The molecule has 0 saturated heterocycles. The molecule has 2 aromatic carbocycles. The SMILES string of the molecule is CN=C(NCCc1cc(F)ccc1F)NCc1ccccc1F.I. The van der Waals surface area contributed by atoms with Gasteiger partial charge in [-0.25, -0.2) is 13.2 Å². The highest BCUT2D eigenvalue weighted by Crippen LogP contribution is 2.09. The van der Waals surface area contributed by atoms with Crippen LogP contribution in [0.1, 0.15) is 11.1 Å². The maximum Gasteiger partial charge on any atom is 0.191 e. The van der Waals surface area contributed by atoms with Crippen molar-refractivity contribution in [2.24, 2.45) is 4.99 Å². The van der Waals surface area contributed by atoms with Gasteiger partial charge in [0.1, 0.15) is 17.5 Å². The number of hydrogen-bond acceptors (Lipinski definition) is 1. The van der Waals surface area contributed by atoms with E-state index in [2.05, 4.69) is 15.6 Å². The monoisotopic (exact) mass is 449 g/mol. The van der Waals surface area contributed by atoms with E-state index in [1.807, 2.05) is 0 Å². The van der Waals surface area contributed by atoms with Gasteiger partial charge >= 0.3 is 0 Å². The quantitative estimate of drug-likeness (QED) is 0.416. The Morgan fingerprint density at radius 1 is 0.958 bits per heavy atom. The van der Waals surface area contributed by atoms with Crippen LogP contribution in [0.15, 0.2) is 47.5 Å². The fraction of sp³-hybridized carbons (Fsp3) is 0.235. The molecule has 0 bridgehead atoms. The van der Waals surface area contributed by atoms with Crippen molar-refractivity contribution in [3.05, 3.63) is 71.0 Å². The molecule has 130 valence electrons. The number of nitrogens with zero attached hydrogens (tertiary/aromatic N) is 1. The summed E-state index contributed by atoms with van der Waals surface area (Å²) in [5.74, 6) is -0.742. The number of halogens is 4. The van der Waals surface area contributed by atoms with Crippen LogP contribution in [0, 0.1) is 17.5 Å². The molecule has 0 aliphatic rings.